The quantitative estimate of drug-likeness (QED) is 0.0262. The number of hydrogen-bond donors (Lipinski definition) is 10. The second kappa shape index (κ2) is 33.1. The molecule has 6 rings (SSSR count). The van der Waals surface area contributed by atoms with Crippen LogP contribution < -0.4 is 63.3 Å². The van der Waals surface area contributed by atoms with Crippen LogP contribution in [0, 0.1) is 0 Å². The van der Waals surface area contributed by atoms with Gasteiger partial charge >= 0.3 is 18.1 Å². The summed E-state index contributed by atoms with van der Waals surface area (Å²) < 4.78 is 17.1. The fourth-order valence-electron chi connectivity index (χ4n) is 5.73. The lowest BCUT2D eigenvalue weighted by atomic mass is 10.3. The lowest BCUT2D eigenvalue weighted by Crippen LogP contribution is -2.34. The minimum Gasteiger partial charge on any atom is -0.438 e. The van der Waals surface area contributed by atoms with Gasteiger partial charge in [-0.05, 0) is 64.3 Å². The molecule has 0 atom stereocenters. The fourth-order valence-corrected chi connectivity index (χ4v) is 6.39. The molecule has 426 valence electrons. The average Bonchev–Trinajstić information content (AvgIpc) is 3.41. The Kier molecular flexibility index (Phi) is 26.2. The Hall–Kier alpha value is -9.29. The van der Waals surface area contributed by atoms with Gasteiger partial charge in [-0.25, -0.2) is 44.3 Å². The number of aliphatic hydroxyl groups is 1. The Morgan fingerprint density at radius 3 is 1.21 bits per heavy atom. The van der Waals surface area contributed by atoms with Crippen LogP contribution in [0.15, 0.2) is 89.0 Å². The van der Waals surface area contributed by atoms with Gasteiger partial charge in [0.25, 0.3) is 0 Å². The third-order valence-corrected chi connectivity index (χ3v) is 10.3. The summed E-state index contributed by atoms with van der Waals surface area (Å²) in [4.78, 5) is 74.9. The van der Waals surface area contributed by atoms with E-state index in [-0.39, 0.29) is 71.4 Å². The molecule has 29 nitrogen and oxygen atoms in total. The standard InChI is InChI=1S/C17H22ClN7O3.C16H19ClN6O3.C15H17ClN6O4/c1-25(2)7-6-20-17(26)24-14-5-4-11(8-13(14)18)28-16-12(9-23-27-3)15(19)21-10-22-16;1-9(2)22-16(24)23-13-5-4-10(6-12(13)17)26-15-11(7-21-25-3)14(18)19-8-20-15;1-25-21-7-10-13(17)19-8-20-14(10)26-9-2-3-12(11(16)6-9)22-15(24)18-4-5-23/h4-5,8-10H,6-7H2,1-3H3,(H2,19,21,22)(H2,20,24,26);4-9H,1-3H3,(H2,18,19,20)(H2,22,23,24);2-3,6-8,23H,4-5H2,1H3,(H2,17,19,20)(H2,18,22,24)/b23-9+;2*21-7+. The number of aromatic nitrogens is 6. The molecule has 0 fully saturated rings. The topological polar surface area (TPSA) is 395 Å². The zero-order chi connectivity index (χ0) is 58.6. The van der Waals surface area contributed by atoms with Gasteiger partial charge in [0.05, 0.1) is 57.4 Å². The molecule has 32 heteroatoms. The smallest absolute Gasteiger partial charge is 0.319 e. The second-order valence-electron chi connectivity index (χ2n) is 16.0. The monoisotopic (exact) mass is 1170 g/mol. The zero-order valence-electron chi connectivity index (χ0n) is 44.0. The summed E-state index contributed by atoms with van der Waals surface area (Å²) in [6.07, 6.45) is 7.80. The number of hydrogen-bond acceptors (Lipinski definition) is 23. The lowest BCUT2D eigenvalue weighted by Gasteiger charge is -2.13. The van der Waals surface area contributed by atoms with Crippen molar-refractivity contribution in [3.8, 4) is 34.9 Å². The van der Waals surface area contributed by atoms with Gasteiger partial charge < -0.3 is 87.8 Å². The maximum atomic E-state index is 11.9. The van der Waals surface area contributed by atoms with E-state index in [4.69, 9.17) is 71.3 Å². The van der Waals surface area contributed by atoms with Crippen LogP contribution in [0.25, 0.3) is 0 Å². The van der Waals surface area contributed by atoms with Crippen molar-refractivity contribution in [3.05, 3.63) is 105 Å². The summed E-state index contributed by atoms with van der Waals surface area (Å²) in [5.41, 5.74) is 19.8. The largest absolute Gasteiger partial charge is 0.438 e. The van der Waals surface area contributed by atoms with Gasteiger partial charge in [-0.2, -0.15) is 0 Å². The zero-order valence-corrected chi connectivity index (χ0v) is 46.3. The number of benzene rings is 3. The molecule has 13 N–H and O–H groups in total. The fraction of sp³-hybridized carbons (Fsp3) is 0.250. The Morgan fingerprint density at radius 1 is 0.575 bits per heavy atom. The van der Waals surface area contributed by atoms with Crippen molar-refractivity contribution < 1.29 is 48.2 Å². The number of nitrogens with one attached hydrogen (secondary N) is 6. The number of anilines is 6. The Bertz CT molecular complexity index is 3100. The van der Waals surface area contributed by atoms with Crippen LogP contribution in [0.5, 0.6) is 34.9 Å². The van der Waals surface area contributed by atoms with Gasteiger partial charge in [0.2, 0.25) is 17.6 Å². The molecule has 3 aromatic heterocycles. The number of likely N-dealkylation sites (N-methyl/N-ethyl adjacent to an activating group) is 1. The summed E-state index contributed by atoms with van der Waals surface area (Å²) >= 11 is 18.6. The van der Waals surface area contributed by atoms with Gasteiger partial charge in [-0.1, -0.05) is 50.3 Å². The van der Waals surface area contributed by atoms with E-state index in [2.05, 4.69) is 91.8 Å². The number of rotatable bonds is 21. The molecule has 3 aromatic carbocycles. The van der Waals surface area contributed by atoms with Crippen LogP contribution in [0.4, 0.5) is 48.9 Å². The predicted octanol–water partition coefficient (Wildman–Crippen LogP) is 6.78. The number of halogens is 3. The van der Waals surface area contributed by atoms with Crippen LogP contribution in [0.2, 0.25) is 15.1 Å². The number of ether oxygens (including phenoxy) is 3. The first-order chi connectivity index (χ1) is 38.3. The van der Waals surface area contributed by atoms with Crippen molar-refractivity contribution >= 4 is 106 Å². The van der Waals surface area contributed by atoms with E-state index in [9.17, 15) is 14.4 Å². The average molecular weight is 1170 g/mol. The maximum Gasteiger partial charge on any atom is 0.319 e. The first kappa shape index (κ1) is 63.2. The van der Waals surface area contributed by atoms with E-state index in [0.29, 0.717) is 67.6 Å². The van der Waals surface area contributed by atoms with Crippen LogP contribution in [0.1, 0.15) is 30.5 Å². The Balaban J connectivity index is 0.000000259. The molecule has 0 aliphatic rings. The summed E-state index contributed by atoms with van der Waals surface area (Å²) in [6, 6.07) is 13.1. The molecule has 6 amide bonds. The third kappa shape index (κ3) is 21.3. The first-order valence-corrected chi connectivity index (χ1v) is 24.3. The number of carbonyl (C=O) groups excluding carboxylic acids is 3. The molecular formula is C48H58Cl3N19O10. The van der Waals surface area contributed by atoms with Gasteiger partial charge in [-0.15, -0.1) is 0 Å². The number of carbonyl (C=O) groups is 3. The second-order valence-corrected chi connectivity index (χ2v) is 17.2. The lowest BCUT2D eigenvalue weighted by molar-refractivity contribution is 0.215. The molecule has 0 saturated heterocycles. The third-order valence-electron chi connectivity index (χ3n) is 9.37. The number of oxime groups is 3. The molecule has 0 saturated carbocycles. The van der Waals surface area contributed by atoms with Crippen LogP contribution in [-0.4, -0.2) is 144 Å². The van der Waals surface area contributed by atoms with Crippen molar-refractivity contribution in [2.45, 2.75) is 19.9 Å². The molecule has 3 heterocycles. The van der Waals surface area contributed by atoms with E-state index >= 15 is 0 Å². The van der Waals surface area contributed by atoms with Crippen LogP contribution >= 0.6 is 34.8 Å². The molecule has 0 bridgehead atoms. The van der Waals surface area contributed by atoms with Crippen LogP contribution in [0.3, 0.4) is 0 Å². The molecule has 0 aliphatic carbocycles. The molecule has 0 radical (unpaired) electrons. The summed E-state index contributed by atoms with van der Waals surface area (Å²) in [5, 5.41) is 36.3. The molecular weight excluding hydrogens is 1110 g/mol. The summed E-state index contributed by atoms with van der Waals surface area (Å²) in [7, 11) is 8.04. The van der Waals surface area contributed by atoms with Crippen molar-refractivity contribution in [1.82, 2.24) is 50.8 Å². The highest BCUT2D eigenvalue weighted by molar-refractivity contribution is 6.34. The minimum atomic E-state index is -0.490. The Morgan fingerprint density at radius 2 is 0.912 bits per heavy atom. The minimum absolute atomic E-state index is 0.00629. The van der Waals surface area contributed by atoms with E-state index in [0.717, 1.165) is 6.54 Å². The van der Waals surface area contributed by atoms with Crippen molar-refractivity contribution in [3.63, 3.8) is 0 Å². The molecule has 0 unspecified atom stereocenters. The molecule has 6 aromatic rings. The highest BCUT2D eigenvalue weighted by Crippen LogP contribution is 2.34. The van der Waals surface area contributed by atoms with E-state index in [1.165, 1.54) is 65.0 Å². The molecule has 0 spiro atoms. The van der Waals surface area contributed by atoms with Crippen molar-refractivity contribution in [2.24, 2.45) is 15.5 Å². The van der Waals surface area contributed by atoms with E-state index in [1.807, 2.05) is 32.8 Å². The van der Waals surface area contributed by atoms with Gasteiger partial charge in [0.1, 0.15) is 91.7 Å². The number of nitrogen functional groups attached to an aromatic ring is 3. The first-order valence-electron chi connectivity index (χ1n) is 23.2. The van der Waals surface area contributed by atoms with Crippen LogP contribution in [-0.2, 0) is 14.5 Å². The predicted molar refractivity (Wildman–Crippen MR) is 305 cm³/mol. The van der Waals surface area contributed by atoms with Crippen molar-refractivity contribution in [2.75, 3.05) is 94.8 Å². The number of nitrogens with two attached hydrogens (primary N) is 3. The number of aliphatic hydroxyl groups excluding tert-OH is 1. The summed E-state index contributed by atoms with van der Waals surface area (Å²) in [6.45, 7) is 4.92. The van der Waals surface area contributed by atoms with E-state index < -0.39 is 6.03 Å². The van der Waals surface area contributed by atoms with Gasteiger partial charge in [-0.3, -0.25) is 0 Å². The number of nitrogens with zero attached hydrogens (tertiary/aromatic N) is 10. The molecule has 80 heavy (non-hydrogen) atoms. The van der Waals surface area contributed by atoms with Crippen molar-refractivity contribution in [1.29, 1.82) is 0 Å². The van der Waals surface area contributed by atoms with E-state index in [1.54, 1.807) is 48.5 Å². The highest BCUT2D eigenvalue weighted by Gasteiger charge is 2.16. The number of urea groups is 3. The normalized spacial score (nSPS) is 10.8. The molecule has 0 aliphatic heterocycles. The summed E-state index contributed by atoms with van der Waals surface area (Å²) in [5.74, 6) is 2.23. The van der Waals surface area contributed by atoms with Gasteiger partial charge in [0.15, 0.2) is 0 Å². The van der Waals surface area contributed by atoms with Gasteiger partial charge in [0, 0.05) is 43.9 Å². The highest BCUT2D eigenvalue weighted by atomic mass is 35.5. The Labute approximate surface area is 473 Å². The SMILES string of the molecule is CO/N=C/c1c(N)ncnc1Oc1ccc(NC(=O)NC(C)C)c(Cl)c1.CO/N=C/c1c(N)ncnc1Oc1ccc(NC(=O)NCCN(C)C)c(Cl)c1.CO/N=C/c1c(N)ncnc1Oc1ccc(NC(=O)NCCO)c(Cl)c1. The maximum absolute atomic E-state index is 11.9. The number of amides is 6.